The highest BCUT2D eigenvalue weighted by Crippen LogP contribution is 2.32. The number of rotatable bonds is 5. The Morgan fingerprint density at radius 3 is 2.55 bits per heavy atom. The van der Waals surface area contributed by atoms with Crippen molar-refractivity contribution in [1.82, 2.24) is 10.3 Å². The topological polar surface area (TPSA) is 24.9 Å². The Bertz CT molecular complexity index is 560. The van der Waals surface area contributed by atoms with Gasteiger partial charge >= 0.3 is 0 Å². The summed E-state index contributed by atoms with van der Waals surface area (Å²) in [6.45, 7) is 4.86. The molecule has 0 amide bonds. The fourth-order valence-corrected chi connectivity index (χ4v) is 2.55. The van der Waals surface area contributed by atoms with Crippen molar-refractivity contribution in [3.8, 4) is 0 Å². The van der Waals surface area contributed by atoms with Crippen molar-refractivity contribution in [3.63, 3.8) is 0 Å². The quantitative estimate of drug-likeness (QED) is 0.887. The zero-order valence-electron chi connectivity index (χ0n) is 11.6. The summed E-state index contributed by atoms with van der Waals surface area (Å²) in [5, 5.41) is 3.77. The van der Waals surface area contributed by atoms with E-state index in [9.17, 15) is 4.39 Å². The molecule has 0 aliphatic carbocycles. The molecule has 1 aromatic carbocycles. The van der Waals surface area contributed by atoms with Gasteiger partial charge in [-0.1, -0.05) is 31.5 Å². The van der Waals surface area contributed by atoms with Crippen LogP contribution in [0.1, 0.15) is 36.9 Å². The van der Waals surface area contributed by atoms with Crippen LogP contribution in [-0.4, -0.2) is 11.5 Å². The number of benzene rings is 1. The van der Waals surface area contributed by atoms with Gasteiger partial charge in [0, 0.05) is 34.9 Å². The van der Waals surface area contributed by atoms with Crippen LogP contribution in [0.4, 0.5) is 4.39 Å². The lowest BCUT2D eigenvalue weighted by Crippen LogP contribution is -2.26. The average Bonchev–Trinajstić information content (AvgIpc) is 2.46. The smallest absolute Gasteiger partial charge is 0.129 e. The zero-order valence-corrected chi connectivity index (χ0v) is 12.4. The largest absolute Gasteiger partial charge is 0.310 e. The summed E-state index contributed by atoms with van der Waals surface area (Å²) in [7, 11) is 0. The second kappa shape index (κ2) is 6.82. The first kappa shape index (κ1) is 14.9. The van der Waals surface area contributed by atoms with Gasteiger partial charge in [-0.15, -0.1) is 0 Å². The Hall–Kier alpha value is -1.45. The maximum absolute atomic E-state index is 14.2. The van der Waals surface area contributed by atoms with E-state index >= 15 is 0 Å². The third-order valence-corrected chi connectivity index (χ3v) is 3.69. The number of hydrogen-bond acceptors (Lipinski definition) is 2. The monoisotopic (exact) mass is 292 g/mol. The summed E-state index contributed by atoms with van der Waals surface area (Å²) in [6, 6.07) is 8.66. The highest BCUT2D eigenvalue weighted by atomic mass is 35.5. The zero-order chi connectivity index (χ0) is 14.5. The SMILES string of the molecule is CCNC(c1ccc(Cl)cc1F)C(C)c1ccncc1. The molecule has 2 aromatic rings. The molecule has 0 aliphatic heterocycles. The van der Waals surface area contributed by atoms with Crippen LogP contribution in [0.2, 0.25) is 5.02 Å². The van der Waals surface area contributed by atoms with Gasteiger partial charge in [-0.05, 0) is 36.4 Å². The molecule has 0 fully saturated rings. The number of likely N-dealkylation sites (N-methyl/N-ethyl adjacent to an activating group) is 1. The van der Waals surface area contributed by atoms with Gasteiger partial charge in [0.15, 0.2) is 0 Å². The van der Waals surface area contributed by atoms with Gasteiger partial charge in [0.05, 0.1) is 0 Å². The Kier molecular flexibility index (Phi) is 5.10. The Morgan fingerprint density at radius 1 is 1.25 bits per heavy atom. The second-order valence-corrected chi connectivity index (χ2v) is 5.21. The minimum absolute atomic E-state index is 0.0975. The summed E-state index contributed by atoms with van der Waals surface area (Å²) >= 11 is 5.83. The number of hydrogen-bond donors (Lipinski definition) is 1. The van der Waals surface area contributed by atoms with Crippen molar-refractivity contribution in [2.24, 2.45) is 0 Å². The van der Waals surface area contributed by atoms with Gasteiger partial charge in [-0.2, -0.15) is 0 Å². The van der Waals surface area contributed by atoms with E-state index in [4.69, 9.17) is 11.6 Å². The molecule has 2 atom stereocenters. The molecule has 2 nitrogen and oxygen atoms in total. The van der Waals surface area contributed by atoms with E-state index in [1.807, 2.05) is 19.1 Å². The normalized spacial score (nSPS) is 14.0. The predicted molar refractivity (Wildman–Crippen MR) is 80.5 cm³/mol. The number of nitrogens with zero attached hydrogens (tertiary/aromatic N) is 1. The minimum atomic E-state index is -0.274. The molecular formula is C16H18ClFN2. The molecule has 0 bridgehead atoms. The van der Waals surface area contributed by atoms with E-state index < -0.39 is 0 Å². The molecule has 0 saturated carbocycles. The third kappa shape index (κ3) is 3.35. The third-order valence-electron chi connectivity index (χ3n) is 3.45. The lowest BCUT2D eigenvalue weighted by Gasteiger charge is -2.26. The minimum Gasteiger partial charge on any atom is -0.310 e. The van der Waals surface area contributed by atoms with Crippen molar-refractivity contribution < 1.29 is 4.39 Å². The van der Waals surface area contributed by atoms with E-state index in [-0.39, 0.29) is 17.8 Å². The molecule has 2 unspecified atom stereocenters. The lowest BCUT2D eigenvalue weighted by molar-refractivity contribution is 0.455. The van der Waals surface area contributed by atoms with Crippen LogP contribution in [0, 0.1) is 5.82 Å². The predicted octanol–water partition coefficient (Wildman–Crippen LogP) is 4.33. The van der Waals surface area contributed by atoms with Crippen molar-refractivity contribution in [2.75, 3.05) is 6.54 Å². The molecule has 20 heavy (non-hydrogen) atoms. The van der Waals surface area contributed by atoms with Gasteiger partial charge in [0.25, 0.3) is 0 Å². The van der Waals surface area contributed by atoms with Crippen LogP contribution in [-0.2, 0) is 0 Å². The van der Waals surface area contributed by atoms with Gasteiger partial charge in [-0.25, -0.2) is 4.39 Å². The number of aromatic nitrogens is 1. The number of halogens is 2. The highest BCUT2D eigenvalue weighted by Gasteiger charge is 2.22. The van der Waals surface area contributed by atoms with Gasteiger partial charge in [0.1, 0.15) is 5.82 Å². The lowest BCUT2D eigenvalue weighted by atomic mass is 9.88. The van der Waals surface area contributed by atoms with Crippen LogP contribution < -0.4 is 5.32 Å². The van der Waals surface area contributed by atoms with Crippen molar-refractivity contribution >= 4 is 11.6 Å². The van der Waals surface area contributed by atoms with E-state index in [0.717, 1.165) is 12.1 Å². The maximum Gasteiger partial charge on any atom is 0.129 e. The molecular weight excluding hydrogens is 275 g/mol. The molecule has 106 valence electrons. The van der Waals surface area contributed by atoms with Crippen molar-refractivity contribution in [2.45, 2.75) is 25.8 Å². The van der Waals surface area contributed by atoms with Gasteiger partial charge in [-0.3, -0.25) is 4.98 Å². The standard InChI is InChI=1S/C16H18ClFN2/c1-3-20-16(11(2)12-6-8-19-9-7-12)14-5-4-13(17)10-15(14)18/h4-11,16,20H,3H2,1-2H3. The Labute approximate surface area is 124 Å². The molecule has 0 aliphatic rings. The molecule has 1 heterocycles. The van der Waals surface area contributed by atoms with Crippen LogP contribution >= 0.6 is 11.6 Å². The molecule has 1 aromatic heterocycles. The van der Waals surface area contributed by atoms with Crippen molar-refractivity contribution in [1.29, 1.82) is 0 Å². The molecule has 1 N–H and O–H groups in total. The van der Waals surface area contributed by atoms with Crippen LogP contribution in [0.3, 0.4) is 0 Å². The second-order valence-electron chi connectivity index (χ2n) is 4.77. The van der Waals surface area contributed by atoms with Crippen molar-refractivity contribution in [3.05, 3.63) is 64.7 Å². The summed E-state index contributed by atoms with van der Waals surface area (Å²) in [6.07, 6.45) is 3.51. The van der Waals surface area contributed by atoms with E-state index in [1.54, 1.807) is 24.5 Å². The molecule has 0 spiro atoms. The van der Waals surface area contributed by atoms with E-state index in [1.165, 1.54) is 6.07 Å². The molecule has 0 saturated heterocycles. The first-order valence-electron chi connectivity index (χ1n) is 6.71. The fraction of sp³-hybridized carbons (Fsp3) is 0.312. The van der Waals surface area contributed by atoms with Gasteiger partial charge < -0.3 is 5.32 Å². The van der Waals surface area contributed by atoms with E-state index in [2.05, 4.69) is 17.2 Å². The maximum atomic E-state index is 14.2. The highest BCUT2D eigenvalue weighted by molar-refractivity contribution is 6.30. The summed E-state index contributed by atoms with van der Waals surface area (Å²) < 4.78 is 14.2. The number of nitrogens with one attached hydrogen (secondary N) is 1. The summed E-state index contributed by atoms with van der Waals surface area (Å²) in [5.41, 5.74) is 1.76. The Balaban J connectivity index is 2.35. The average molecular weight is 293 g/mol. The van der Waals surface area contributed by atoms with Crippen LogP contribution in [0.5, 0.6) is 0 Å². The van der Waals surface area contributed by atoms with E-state index in [0.29, 0.717) is 10.6 Å². The van der Waals surface area contributed by atoms with Gasteiger partial charge in [0.2, 0.25) is 0 Å². The summed E-state index contributed by atoms with van der Waals surface area (Å²) in [4.78, 5) is 4.02. The van der Waals surface area contributed by atoms with Crippen LogP contribution in [0.25, 0.3) is 0 Å². The first-order chi connectivity index (χ1) is 9.63. The fourth-order valence-electron chi connectivity index (χ4n) is 2.39. The molecule has 2 rings (SSSR count). The van der Waals surface area contributed by atoms with Crippen LogP contribution in [0.15, 0.2) is 42.7 Å². The molecule has 0 radical (unpaired) electrons. The Morgan fingerprint density at radius 2 is 1.95 bits per heavy atom. The molecule has 4 heteroatoms. The summed E-state index contributed by atoms with van der Waals surface area (Å²) in [5.74, 6) is -0.141. The number of pyridine rings is 1. The first-order valence-corrected chi connectivity index (χ1v) is 7.09.